The van der Waals surface area contributed by atoms with Crippen molar-refractivity contribution < 1.29 is 0 Å². The smallest absolute Gasteiger partial charge is 0.0491 e. The van der Waals surface area contributed by atoms with Crippen LogP contribution < -0.4 is 0 Å². The first-order chi connectivity index (χ1) is 33.0. The van der Waals surface area contributed by atoms with Crippen molar-refractivity contribution in [2.45, 2.75) is 27.3 Å². The van der Waals surface area contributed by atoms with E-state index in [4.69, 9.17) is 0 Å². The molecule has 0 atom stereocenters. The summed E-state index contributed by atoms with van der Waals surface area (Å²) in [7, 11) is 0. The van der Waals surface area contributed by atoms with Crippen LogP contribution in [0.5, 0.6) is 0 Å². The summed E-state index contributed by atoms with van der Waals surface area (Å²) in [5.41, 5.74) is 22.3. The van der Waals surface area contributed by atoms with Gasteiger partial charge in [-0.05, 0) is 144 Å². The minimum atomic E-state index is 0.926. The average Bonchev–Trinajstić information content (AvgIpc) is 3.71. The zero-order chi connectivity index (χ0) is 45.0. The molecule has 0 unspecified atom stereocenters. The van der Waals surface area contributed by atoms with Crippen LogP contribution in [0, 0.1) is 13.8 Å². The van der Waals surface area contributed by atoms with Gasteiger partial charge in [0.15, 0.2) is 0 Å². The highest BCUT2D eigenvalue weighted by molar-refractivity contribution is 6.21. The van der Waals surface area contributed by atoms with Crippen LogP contribution in [0.3, 0.4) is 0 Å². The predicted octanol–water partition coefficient (Wildman–Crippen LogP) is 18.4. The summed E-state index contributed by atoms with van der Waals surface area (Å²) in [4.78, 5) is 0. The molecule has 1 heteroatoms. The third kappa shape index (κ3) is 7.21. The van der Waals surface area contributed by atoms with Crippen molar-refractivity contribution in [1.82, 2.24) is 4.57 Å². The average molecular weight is 856 g/mol. The van der Waals surface area contributed by atoms with Crippen molar-refractivity contribution in [3.63, 3.8) is 0 Å². The summed E-state index contributed by atoms with van der Waals surface area (Å²) < 4.78 is 2.43. The first kappa shape index (κ1) is 40.3. The molecule has 0 saturated carbocycles. The fourth-order valence-electron chi connectivity index (χ4n) is 10.5. The highest BCUT2D eigenvalue weighted by Crippen LogP contribution is 2.45. The first-order valence-corrected chi connectivity index (χ1v) is 23.5. The van der Waals surface area contributed by atoms with E-state index in [1.807, 2.05) is 0 Å². The van der Waals surface area contributed by atoms with Crippen LogP contribution in [0.4, 0.5) is 0 Å². The molecule has 11 aromatic carbocycles. The first-order valence-electron chi connectivity index (χ1n) is 23.5. The topological polar surface area (TPSA) is 4.93 Å². The van der Waals surface area contributed by atoms with Crippen LogP contribution in [0.1, 0.15) is 18.1 Å². The second-order valence-electron chi connectivity index (χ2n) is 18.1. The van der Waals surface area contributed by atoms with E-state index in [0.717, 1.165) is 6.54 Å². The van der Waals surface area contributed by atoms with Gasteiger partial charge < -0.3 is 4.57 Å². The van der Waals surface area contributed by atoms with Crippen molar-refractivity contribution in [2.75, 3.05) is 0 Å². The van der Waals surface area contributed by atoms with Gasteiger partial charge in [0, 0.05) is 28.4 Å². The van der Waals surface area contributed by atoms with Gasteiger partial charge in [-0.3, -0.25) is 0 Å². The zero-order valence-electron chi connectivity index (χ0n) is 38.1. The molecule has 0 aliphatic rings. The van der Waals surface area contributed by atoms with E-state index >= 15 is 0 Å². The second kappa shape index (κ2) is 16.6. The number of aryl methyl sites for hydroxylation is 3. The zero-order valence-corrected chi connectivity index (χ0v) is 38.1. The van der Waals surface area contributed by atoms with Crippen LogP contribution in [-0.2, 0) is 6.54 Å². The van der Waals surface area contributed by atoms with Gasteiger partial charge in [-0.15, -0.1) is 0 Å². The largest absolute Gasteiger partial charge is 0.341 e. The molecule has 12 rings (SSSR count). The number of nitrogens with zero attached hydrogens (tertiary/aromatic N) is 1. The quantitative estimate of drug-likeness (QED) is 0.134. The molecular formula is C66H49N. The maximum absolute atomic E-state index is 2.43. The van der Waals surface area contributed by atoms with Gasteiger partial charge in [0.05, 0.1) is 0 Å². The molecule has 1 aromatic heterocycles. The predicted molar refractivity (Wildman–Crippen MR) is 288 cm³/mol. The normalized spacial score (nSPS) is 11.6. The molecule has 0 amide bonds. The summed E-state index contributed by atoms with van der Waals surface area (Å²) in [6.07, 6.45) is 0. The Labute approximate surface area is 392 Å². The molecule has 0 aliphatic heterocycles. The van der Waals surface area contributed by atoms with Gasteiger partial charge in [-0.1, -0.05) is 217 Å². The van der Waals surface area contributed by atoms with E-state index < -0.39 is 0 Å². The van der Waals surface area contributed by atoms with Crippen molar-refractivity contribution in [3.05, 3.63) is 242 Å². The van der Waals surface area contributed by atoms with Gasteiger partial charge >= 0.3 is 0 Å². The summed E-state index contributed by atoms with van der Waals surface area (Å²) in [5.74, 6) is 0. The molecule has 0 bridgehead atoms. The summed E-state index contributed by atoms with van der Waals surface area (Å²) in [6, 6.07) is 85.5. The Morgan fingerprint density at radius 2 is 0.552 bits per heavy atom. The number of rotatable bonds is 8. The molecule has 318 valence electrons. The van der Waals surface area contributed by atoms with E-state index in [2.05, 4.69) is 256 Å². The molecule has 0 aliphatic carbocycles. The van der Waals surface area contributed by atoms with E-state index in [9.17, 15) is 0 Å². The van der Waals surface area contributed by atoms with E-state index in [0.29, 0.717) is 0 Å². The molecule has 1 heterocycles. The fraction of sp³-hybridized carbons (Fsp3) is 0.0606. The molecule has 12 aromatic rings. The highest BCUT2D eigenvalue weighted by atomic mass is 15.0. The van der Waals surface area contributed by atoms with Crippen molar-refractivity contribution in [2.24, 2.45) is 0 Å². The van der Waals surface area contributed by atoms with Gasteiger partial charge in [-0.2, -0.15) is 0 Å². The maximum atomic E-state index is 2.43. The Morgan fingerprint density at radius 1 is 0.254 bits per heavy atom. The van der Waals surface area contributed by atoms with Crippen LogP contribution in [0.25, 0.3) is 121 Å². The number of hydrogen-bond donors (Lipinski definition) is 0. The Morgan fingerprint density at radius 3 is 0.910 bits per heavy atom. The van der Waals surface area contributed by atoms with Crippen LogP contribution >= 0.6 is 0 Å². The lowest BCUT2D eigenvalue weighted by molar-refractivity contribution is 0.827. The van der Waals surface area contributed by atoms with Crippen LogP contribution in [-0.4, -0.2) is 4.57 Å². The van der Waals surface area contributed by atoms with Gasteiger partial charge in [0.25, 0.3) is 0 Å². The maximum Gasteiger partial charge on any atom is 0.0491 e. The van der Waals surface area contributed by atoms with Gasteiger partial charge in [0.2, 0.25) is 0 Å². The Balaban J connectivity index is 0.875. The number of aromatic nitrogens is 1. The van der Waals surface area contributed by atoms with Crippen molar-refractivity contribution >= 4 is 43.4 Å². The molecule has 67 heavy (non-hydrogen) atoms. The van der Waals surface area contributed by atoms with Crippen LogP contribution in [0.15, 0.2) is 231 Å². The lowest BCUT2D eigenvalue weighted by atomic mass is 9.84. The number of hydrogen-bond acceptors (Lipinski definition) is 0. The molecule has 1 nitrogen and oxygen atoms in total. The van der Waals surface area contributed by atoms with E-state index in [1.165, 1.54) is 132 Å². The molecular weight excluding hydrogens is 807 g/mol. The molecule has 0 N–H and O–H groups in total. The minimum absolute atomic E-state index is 0.926. The van der Waals surface area contributed by atoms with E-state index in [1.54, 1.807) is 0 Å². The second-order valence-corrected chi connectivity index (χ2v) is 18.1. The third-order valence-corrected chi connectivity index (χ3v) is 13.9. The lowest BCUT2D eigenvalue weighted by Gasteiger charge is -2.19. The summed E-state index contributed by atoms with van der Waals surface area (Å²) >= 11 is 0. The lowest BCUT2D eigenvalue weighted by Crippen LogP contribution is -1.93. The molecule has 0 radical (unpaired) electrons. The standard InChI is InChI=1S/C66H49N/c1-4-67-63-37-33-55(46-13-9-6-10-14-46)41-59(63)60-42-56(34-38-64(60)67)52-23-21-49(22-24-52)51-27-31-54(32-28-51)66-58-36-16-43(2)39-61(58)65(57-35-15-44(3)40-62(57)66)53-29-25-50(26-30-53)48-19-17-47(18-20-48)45-11-7-5-8-12-45/h5-42H,4H2,1-3H3. The van der Waals surface area contributed by atoms with E-state index in [-0.39, 0.29) is 0 Å². The van der Waals surface area contributed by atoms with Gasteiger partial charge in [-0.25, -0.2) is 0 Å². The SMILES string of the molecule is CCn1c2ccc(-c3ccccc3)cc2c2cc(-c3ccc(-c4ccc(-c5c6ccc(C)cc6c(-c6ccc(-c7ccc(-c8ccccc8)cc7)cc6)c6ccc(C)cc56)cc4)cc3)ccc21. The third-order valence-electron chi connectivity index (χ3n) is 13.9. The minimum Gasteiger partial charge on any atom is -0.341 e. The molecule has 0 spiro atoms. The van der Waals surface area contributed by atoms with Crippen molar-refractivity contribution in [1.29, 1.82) is 0 Å². The number of fused-ring (bicyclic) bond motifs is 5. The molecule has 0 fully saturated rings. The highest BCUT2D eigenvalue weighted by Gasteiger charge is 2.18. The van der Waals surface area contributed by atoms with Crippen molar-refractivity contribution in [3.8, 4) is 77.9 Å². The number of benzene rings is 11. The Hall–Kier alpha value is -8.26. The fourth-order valence-corrected chi connectivity index (χ4v) is 10.5. The summed E-state index contributed by atoms with van der Waals surface area (Å²) in [6.45, 7) is 7.57. The monoisotopic (exact) mass is 855 g/mol. The van der Waals surface area contributed by atoms with Gasteiger partial charge in [0.1, 0.15) is 0 Å². The Kier molecular flexibility index (Phi) is 9.99. The Bertz CT molecular complexity index is 3780. The van der Waals surface area contributed by atoms with Crippen LogP contribution in [0.2, 0.25) is 0 Å². The molecule has 0 saturated heterocycles. The summed E-state index contributed by atoms with van der Waals surface area (Å²) in [5, 5.41) is 7.69.